The van der Waals surface area contributed by atoms with Crippen molar-refractivity contribution in [2.75, 3.05) is 26.2 Å². The molecule has 1 saturated heterocycles. The molecule has 0 amide bonds. The Hall–Kier alpha value is -1.10. The first-order valence-electron chi connectivity index (χ1n) is 7.02. The molecule has 1 fully saturated rings. The van der Waals surface area contributed by atoms with E-state index in [1.165, 1.54) is 0 Å². The van der Waals surface area contributed by atoms with Crippen molar-refractivity contribution in [2.24, 2.45) is 0 Å². The second-order valence-corrected chi connectivity index (χ2v) is 5.31. The van der Waals surface area contributed by atoms with E-state index in [1.54, 1.807) is 0 Å². The summed E-state index contributed by atoms with van der Waals surface area (Å²) in [5.74, 6) is -0.168. The van der Waals surface area contributed by atoms with Crippen LogP contribution in [0.3, 0.4) is 0 Å². The predicted octanol–water partition coefficient (Wildman–Crippen LogP) is 2.24. The lowest BCUT2D eigenvalue weighted by Gasteiger charge is -2.39. The molecular weight excluding hydrogens is 276 g/mol. The number of benzene rings is 1. The maximum absolute atomic E-state index is 12.1. The number of piperazine rings is 1. The van der Waals surface area contributed by atoms with Crippen LogP contribution in [-0.2, 0) is 9.53 Å². The number of ether oxygens (including phenoxy) is 1. The van der Waals surface area contributed by atoms with Gasteiger partial charge in [-0.15, -0.1) is 0 Å². The third-order valence-corrected chi connectivity index (χ3v) is 4.04. The van der Waals surface area contributed by atoms with Gasteiger partial charge in [0.1, 0.15) is 6.04 Å². The van der Waals surface area contributed by atoms with Crippen molar-refractivity contribution >= 4 is 17.6 Å². The van der Waals surface area contributed by atoms with E-state index in [-0.39, 0.29) is 18.1 Å². The average molecular weight is 297 g/mol. The average Bonchev–Trinajstić information content (AvgIpc) is 2.47. The van der Waals surface area contributed by atoms with Gasteiger partial charge in [-0.05, 0) is 25.5 Å². The summed E-state index contributed by atoms with van der Waals surface area (Å²) in [6, 6.07) is 7.61. The molecule has 1 heterocycles. The number of nitrogens with one attached hydrogen (secondary N) is 1. The van der Waals surface area contributed by atoms with Crippen molar-refractivity contribution in [2.45, 2.75) is 25.9 Å². The third kappa shape index (κ3) is 3.32. The Morgan fingerprint density at radius 2 is 2.30 bits per heavy atom. The van der Waals surface area contributed by atoms with Gasteiger partial charge in [0.2, 0.25) is 0 Å². The topological polar surface area (TPSA) is 41.6 Å². The second kappa shape index (κ2) is 7.07. The summed E-state index contributed by atoms with van der Waals surface area (Å²) in [4.78, 5) is 14.3. The van der Waals surface area contributed by atoms with Gasteiger partial charge in [-0.3, -0.25) is 9.69 Å². The summed E-state index contributed by atoms with van der Waals surface area (Å²) in [7, 11) is 0. The zero-order valence-corrected chi connectivity index (χ0v) is 12.7. The third-order valence-electron chi connectivity index (χ3n) is 3.70. The van der Waals surface area contributed by atoms with Crippen LogP contribution in [0.4, 0.5) is 0 Å². The van der Waals surface area contributed by atoms with Gasteiger partial charge >= 0.3 is 5.97 Å². The molecule has 20 heavy (non-hydrogen) atoms. The number of hydrogen-bond acceptors (Lipinski definition) is 4. The lowest BCUT2D eigenvalue weighted by molar-refractivity contribution is -0.151. The highest BCUT2D eigenvalue weighted by Gasteiger charge is 2.33. The summed E-state index contributed by atoms with van der Waals surface area (Å²) in [5, 5.41) is 3.99. The van der Waals surface area contributed by atoms with Crippen LogP contribution in [0.15, 0.2) is 24.3 Å². The SMILES string of the molecule is CCOC(=O)C1CNCCN1C(C)c1ccccc1Cl. The van der Waals surface area contributed by atoms with Crippen molar-refractivity contribution in [3.8, 4) is 0 Å². The molecule has 4 nitrogen and oxygen atoms in total. The minimum atomic E-state index is -0.255. The molecule has 0 spiro atoms. The van der Waals surface area contributed by atoms with E-state index in [2.05, 4.69) is 17.1 Å². The molecular formula is C15H21ClN2O2. The van der Waals surface area contributed by atoms with E-state index in [0.29, 0.717) is 13.2 Å². The molecule has 5 heteroatoms. The van der Waals surface area contributed by atoms with E-state index in [0.717, 1.165) is 23.7 Å². The van der Waals surface area contributed by atoms with Crippen molar-refractivity contribution in [3.05, 3.63) is 34.9 Å². The summed E-state index contributed by atoms with van der Waals surface area (Å²) >= 11 is 6.27. The summed E-state index contributed by atoms with van der Waals surface area (Å²) < 4.78 is 5.17. The number of carbonyl (C=O) groups excluding carboxylic acids is 1. The number of hydrogen-bond donors (Lipinski definition) is 1. The van der Waals surface area contributed by atoms with Crippen LogP contribution < -0.4 is 5.32 Å². The molecule has 110 valence electrons. The normalized spacial score (nSPS) is 21.4. The molecule has 1 N–H and O–H groups in total. The van der Waals surface area contributed by atoms with Gasteiger partial charge in [-0.25, -0.2) is 0 Å². The zero-order valence-electron chi connectivity index (χ0n) is 11.9. The van der Waals surface area contributed by atoms with Crippen LogP contribution in [0, 0.1) is 0 Å². The number of rotatable bonds is 4. The molecule has 0 saturated carbocycles. The van der Waals surface area contributed by atoms with E-state index >= 15 is 0 Å². The maximum atomic E-state index is 12.1. The first kappa shape index (κ1) is 15.3. The molecule has 0 radical (unpaired) electrons. The highest BCUT2D eigenvalue weighted by molar-refractivity contribution is 6.31. The highest BCUT2D eigenvalue weighted by Crippen LogP contribution is 2.29. The first-order chi connectivity index (χ1) is 9.65. The monoisotopic (exact) mass is 296 g/mol. The maximum Gasteiger partial charge on any atom is 0.324 e. The predicted molar refractivity (Wildman–Crippen MR) is 79.9 cm³/mol. The minimum Gasteiger partial charge on any atom is -0.465 e. The molecule has 1 aliphatic heterocycles. The Morgan fingerprint density at radius 3 is 3.00 bits per heavy atom. The van der Waals surface area contributed by atoms with Crippen molar-refractivity contribution < 1.29 is 9.53 Å². The molecule has 2 unspecified atom stereocenters. The van der Waals surface area contributed by atoms with Gasteiger partial charge < -0.3 is 10.1 Å². The van der Waals surface area contributed by atoms with Crippen LogP contribution in [0.2, 0.25) is 5.02 Å². The fourth-order valence-corrected chi connectivity index (χ4v) is 2.93. The lowest BCUT2D eigenvalue weighted by atomic mass is 10.0. The fraction of sp³-hybridized carbons (Fsp3) is 0.533. The molecule has 2 rings (SSSR count). The summed E-state index contributed by atoms with van der Waals surface area (Å²) in [6.45, 7) is 6.60. The highest BCUT2D eigenvalue weighted by atomic mass is 35.5. The molecule has 1 aromatic carbocycles. The Morgan fingerprint density at radius 1 is 1.55 bits per heavy atom. The quantitative estimate of drug-likeness (QED) is 0.865. The number of halogens is 1. The van der Waals surface area contributed by atoms with Crippen LogP contribution >= 0.6 is 11.6 Å². The molecule has 2 atom stereocenters. The summed E-state index contributed by atoms with van der Waals surface area (Å²) in [6.07, 6.45) is 0. The lowest BCUT2D eigenvalue weighted by Crippen LogP contribution is -2.56. The molecule has 1 aromatic rings. The molecule has 1 aliphatic rings. The van der Waals surface area contributed by atoms with Gasteiger partial charge in [0.15, 0.2) is 0 Å². The van der Waals surface area contributed by atoms with Gasteiger partial charge in [0.25, 0.3) is 0 Å². The Labute approximate surface area is 125 Å². The van der Waals surface area contributed by atoms with E-state index in [9.17, 15) is 4.79 Å². The first-order valence-corrected chi connectivity index (χ1v) is 7.40. The van der Waals surface area contributed by atoms with Gasteiger partial charge in [-0.2, -0.15) is 0 Å². The van der Waals surface area contributed by atoms with E-state index in [1.807, 2.05) is 31.2 Å². The molecule has 0 aromatic heterocycles. The van der Waals surface area contributed by atoms with Crippen LogP contribution in [-0.4, -0.2) is 43.2 Å². The Kier molecular flexibility index (Phi) is 5.40. The van der Waals surface area contributed by atoms with Gasteiger partial charge in [0, 0.05) is 30.7 Å². The van der Waals surface area contributed by atoms with Crippen molar-refractivity contribution in [3.63, 3.8) is 0 Å². The van der Waals surface area contributed by atoms with Gasteiger partial charge in [-0.1, -0.05) is 29.8 Å². The van der Waals surface area contributed by atoms with E-state index < -0.39 is 0 Å². The van der Waals surface area contributed by atoms with Crippen molar-refractivity contribution in [1.29, 1.82) is 0 Å². The number of nitrogens with zero attached hydrogens (tertiary/aromatic N) is 1. The largest absolute Gasteiger partial charge is 0.465 e. The molecule has 0 bridgehead atoms. The second-order valence-electron chi connectivity index (χ2n) is 4.91. The zero-order chi connectivity index (χ0) is 14.5. The van der Waals surface area contributed by atoms with Crippen LogP contribution in [0.25, 0.3) is 0 Å². The van der Waals surface area contributed by atoms with Gasteiger partial charge in [0.05, 0.1) is 6.61 Å². The smallest absolute Gasteiger partial charge is 0.324 e. The van der Waals surface area contributed by atoms with Crippen LogP contribution in [0.1, 0.15) is 25.5 Å². The van der Waals surface area contributed by atoms with Crippen LogP contribution in [0.5, 0.6) is 0 Å². The Bertz CT molecular complexity index is 467. The summed E-state index contributed by atoms with van der Waals surface area (Å²) in [5.41, 5.74) is 1.05. The fourth-order valence-electron chi connectivity index (χ4n) is 2.63. The molecule has 0 aliphatic carbocycles. The Balaban J connectivity index is 2.19. The number of carbonyl (C=O) groups is 1. The standard InChI is InChI=1S/C15H21ClN2O2/c1-3-20-15(19)14-10-17-8-9-18(14)11(2)12-6-4-5-7-13(12)16/h4-7,11,14,17H,3,8-10H2,1-2H3. The number of esters is 1. The van der Waals surface area contributed by atoms with Crippen molar-refractivity contribution in [1.82, 2.24) is 10.2 Å². The van der Waals surface area contributed by atoms with E-state index in [4.69, 9.17) is 16.3 Å². The minimum absolute atomic E-state index is 0.0835.